The minimum Gasteiger partial charge on any atom is -0.508 e. The first-order chi connectivity index (χ1) is 13.4. The molecule has 0 aliphatic carbocycles. The molecule has 4 rings (SSSR count). The van der Waals surface area contributed by atoms with Gasteiger partial charge in [-0.05, 0) is 37.1 Å². The highest BCUT2D eigenvalue weighted by molar-refractivity contribution is 6.07. The normalized spacial score (nSPS) is 11.4. The molecule has 8 heteroatoms. The van der Waals surface area contributed by atoms with E-state index in [0.717, 1.165) is 11.1 Å². The molecule has 0 aliphatic heterocycles. The number of nitrogens with zero attached hydrogens (tertiary/aromatic N) is 2. The number of ether oxygens (including phenoxy) is 1. The molecule has 2 heterocycles. The van der Waals surface area contributed by atoms with Crippen molar-refractivity contribution in [2.24, 2.45) is 0 Å². The summed E-state index contributed by atoms with van der Waals surface area (Å²) in [5.41, 5.74) is 9.14. The van der Waals surface area contributed by atoms with Crippen LogP contribution < -0.4 is 16.0 Å². The number of phenolic OH excluding ortho intramolecular Hbond substituents is 1. The minimum atomic E-state index is -0.362. The summed E-state index contributed by atoms with van der Waals surface area (Å²) in [4.78, 5) is 15.5. The number of anilines is 1. The number of hydrogen-bond acceptors (Lipinski definition) is 6. The molecule has 0 spiro atoms. The van der Waals surface area contributed by atoms with Crippen LogP contribution in [0.2, 0.25) is 0 Å². The molecule has 4 aromatic rings. The molecule has 0 aliphatic rings. The van der Waals surface area contributed by atoms with Gasteiger partial charge in [-0.2, -0.15) is 5.10 Å². The van der Waals surface area contributed by atoms with E-state index >= 15 is 0 Å². The van der Waals surface area contributed by atoms with Crippen LogP contribution in [0.4, 0.5) is 5.82 Å². The SMILES string of the molecule is Cc1cc(C)c(-n2nc3c(c2N)c(=O)[nH]c2cc(OCCO)ccc23)cc1O. The fraction of sp³-hybridized carbons (Fsp3) is 0.200. The first kappa shape index (κ1) is 17.9. The fourth-order valence-electron chi connectivity index (χ4n) is 3.36. The van der Waals surface area contributed by atoms with Crippen LogP contribution in [0, 0.1) is 13.8 Å². The van der Waals surface area contributed by atoms with Gasteiger partial charge in [0, 0.05) is 17.5 Å². The third kappa shape index (κ3) is 2.74. The molecular weight excluding hydrogens is 360 g/mol. The van der Waals surface area contributed by atoms with E-state index in [1.165, 1.54) is 4.68 Å². The Morgan fingerprint density at radius 1 is 1.21 bits per heavy atom. The number of aromatic hydroxyl groups is 1. The smallest absolute Gasteiger partial charge is 0.261 e. The van der Waals surface area contributed by atoms with Gasteiger partial charge in [0.1, 0.15) is 34.8 Å². The standard InChI is InChI=1S/C20H20N4O4/c1-10-7-11(2)16(26)9-15(10)24-19(21)17-18(23-24)13-4-3-12(28-6-5-25)8-14(13)22-20(17)27/h3-4,7-9,25-26H,5-6,21H2,1-2H3,(H,22,27). The zero-order valence-corrected chi connectivity index (χ0v) is 15.5. The highest BCUT2D eigenvalue weighted by Crippen LogP contribution is 2.31. The van der Waals surface area contributed by atoms with Gasteiger partial charge in [-0.3, -0.25) is 4.79 Å². The summed E-state index contributed by atoms with van der Waals surface area (Å²) in [6.07, 6.45) is 0. The molecule has 28 heavy (non-hydrogen) atoms. The van der Waals surface area contributed by atoms with Crippen molar-refractivity contribution in [1.29, 1.82) is 0 Å². The zero-order chi connectivity index (χ0) is 20.0. The Bertz CT molecular complexity index is 1270. The zero-order valence-electron chi connectivity index (χ0n) is 15.5. The van der Waals surface area contributed by atoms with Crippen LogP contribution in [0.5, 0.6) is 11.5 Å². The number of aliphatic hydroxyl groups is 1. The second kappa shape index (κ2) is 6.58. The van der Waals surface area contributed by atoms with Crippen LogP contribution >= 0.6 is 0 Å². The number of benzene rings is 2. The first-order valence-electron chi connectivity index (χ1n) is 8.79. The van der Waals surface area contributed by atoms with Gasteiger partial charge in [-0.15, -0.1) is 0 Å². The van der Waals surface area contributed by atoms with Crippen molar-refractivity contribution in [2.45, 2.75) is 13.8 Å². The molecule has 2 aromatic heterocycles. The average Bonchev–Trinajstić information content (AvgIpc) is 3.01. The van der Waals surface area contributed by atoms with E-state index in [1.54, 1.807) is 24.3 Å². The molecule has 0 bridgehead atoms. The number of nitrogens with one attached hydrogen (secondary N) is 1. The Balaban J connectivity index is 1.98. The number of nitrogen functional groups attached to an aromatic ring is 1. The lowest BCUT2D eigenvalue weighted by Crippen LogP contribution is -2.09. The molecule has 144 valence electrons. The van der Waals surface area contributed by atoms with Crippen LogP contribution in [0.1, 0.15) is 11.1 Å². The number of aromatic nitrogens is 3. The van der Waals surface area contributed by atoms with Gasteiger partial charge in [0.2, 0.25) is 0 Å². The second-order valence-electron chi connectivity index (χ2n) is 6.68. The Morgan fingerprint density at radius 2 is 2.00 bits per heavy atom. The Hall–Kier alpha value is -3.52. The quantitative estimate of drug-likeness (QED) is 0.430. The summed E-state index contributed by atoms with van der Waals surface area (Å²) in [7, 11) is 0. The Morgan fingerprint density at radius 3 is 2.75 bits per heavy atom. The van der Waals surface area contributed by atoms with Crippen molar-refractivity contribution in [3.05, 3.63) is 51.8 Å². The number of H-pyrrole nitrogens is 1. The van der Waals surface area contributed by atoms with E-state index in [-0.39, 0.29) is 35.7 Å². The molecule has 5 N–H and O–H groups in total. The average molecular weight is 380 g/mol. The molecule has 0 atom stereocenters. The molecule has 0 amide bonds. The van der Waals surface area contributed by atoms with E-state index < -0.39 is 0 Å². The molecular formula is C20H20N4O4. The van der Waals surface area contributed by atoms with Crippen molar-refractivity contribution < 1.29 is 14.9 Å². The topological polar surface area (TPSA) is 126 Å². The maximum atomic E-state index is 12.7. The summed E-state index contributed by atoms with van der Waals surface area (Å²) in [5, 5.41) is 24.6. The lowest BCUT2D eigenvalue weighted by molar-refractivity contribution is 0.201. The van der Waals surface area contributed by atoms with Gasteiger partial charge >= 0.3 is 0 Å². The Labute approximate surface area is 159 Å². The minimum absolute atomic E-state index is 0.0999. The highest BCUT2D eigenvalue weighted by atomic mass is 16.5. The van der Waals surface area contributed by atoms with Crippen molar-refractivity contribution >= 4 is 27.6 Å². The number of nitrogens with two attached hydrogens (primary N) is 1. The van der Waals surface area contributed by atoms with Crippen molar-refractivity contribution in [2.75, 3.05) is 18.9 Å². The second-order valence-corrected chi connectivity index (χ2v) is 6.68. The van der Waals surface area contributed by atoms with Gasteiger partial charge in [0.15, 0.2) is 0 Å². The summed E-state index contributed by atoms with van der Waals surface area (Å²) in [5.74, 6) is 0.859. The van der Waals surface area contributed by atoms with Crippen LogP contribution in [0.25, 0.3) is 27.5 Å². The van der Waals surface area contributed by atoms with Crippen LogP contribution in [0.15, 0.2) is 35.1 Å². The van der Waals surface area contributed by atoms with E-state index in [4.69, 9.17) is 15.6 Å². The van der Waals surface area contributed by atoms with Crippen molar-refractivity contribution in [1.82, 2.24) is 14.8 Å². The highest BCUT2D eigenvalue weighted by Gasteiger charge is 2.18. The van der Waals surface area contributed by atoms with E-state index in [9.17, 15) is 9.90 Å². The number of pyridine rings is 1. The maximum Gasteiger partial charge on any atom is 0.261 e. The molecule has 0 unspecified atom stereocenters. The summed E-state index contributed by atoms with van der Waals surface area (Å²) < 4.78 is 6.88. The number of phenols is 1. The number of aryl methyl sites for hydroxylation is 2. The molecule has 0 saturated heterocycles. The lowest BCUT2D eigenvalue weighted by atomic mass is 10.1. The van der Waals surface area contributed by atoms with Crippen molar-refractivity contribution in [3.8, 4) is 17.2 Å². The fourth-order valence-corrected chi connectivity index (χ4v) is 3.36. The van der Waals surface area contributed by atoms with Crippen LogP contribution in [0.3, 0.4) is 0 Å². The maximum absolute atomic E-state index is 12.7. The van der Waals surface area contributed by atoms with Gasteiger partial charge in [0.25, 0.3) is 5.56 Å². The third-order valence-corrected chi connectivity index (χ3v) is 4.75. The monoisotopic (exact) mass is 380 g/mol. The molecule has 0 saturated carbocycles. The van der Waals surface area contributed by atoms with Gasteiger partial charge in [-0.1, -0.05) is 6.07 Å². The van der Waals surface area contributed by atoms with E-state index in [2.05, 4.69) is 10.1 Å². The molecule has 2 aromatic carbocycles. The lowest BCUT2D eigenvalue weighted by Gasteiger charge is -2.10. The van der Waals surface area contributed by atoms with E-state index in [1.807, 2.05) is 19.9 Å². The number of aliphatic hydroxyl groups excluding tert-OH is 1. The third-order valence-electron chi connectivity index (χ3n) is 4.75. The van der Waals surface area contributed by atoms with Gasteiger partial charge in [0.05, 0.1) is 17.8 Å². The van der Waals surface area contributed by atoms with Crippen LogP contribution in [-0.4, -0.2) is 38.2 Å². The van der Waals surface area contributed by atoms with Gasteiger partial charge < -0.3 is 25.7 Å². The van der Waals surface area contributed by atoms with E-state index in [0.29, 0.717) is 27.9 Å². The van der Waals surface area contributed by atoms with Gasteiger partial charge in [-0.25, -0.2) is 4.68 Å². The summed E-state index contributed by atoms with van der Waals surface area (Å²) in [6, 6.07) is 8.64. The molecule has 0 radical (unpaired) electrons. The predicted molar refractivity (Wildman–Crippen MR) is 107 cm³/mol. The number of fused-ring (bicyclic) bond motifs is 3. The molecule has 8 nitrogen and oxygen atoms in total. The number of aromatic amines is 1. The van der Waals surface area contributed by atoms with Crippen molar-refractivity contribution in [3.63, 3.8) is 0 Å². The largest absolute Gasteiger partial charge is 0.508 e. The first-order valence-corrected chi connectivity index (χ1v) is 8.79. The summed E-state index contributed by atoms with van der Waals surface area (Å²) in [6.45, 7) is 3.76. The summed E-state index contributed by atoms with van der Waals surface area (Å²) >= 11 is 0. The van der Waals surface area contributed by atoms with Crippen LogP contribution in [-0.2, 0) is 0 Å². The number of rotatable bonds is 4. The molecule has 0 fully saturated rings. The number of hydrogen-bond donors (Lipinski definition) is 4. The Kier molecular flexibility index (Phi) is 4.20. The predicted octanol–water partition coefficient (Wildman–Crippen LogP) is 2.14.